The van der Waals surface area contributed by atoms with Crippen LogP contribution in [0.5, 0.6) is 23.0 Å². The Labute approximate surface area is 135 Å². The van der Waals surface area contributed by atoms with Crippen LogP contribution in [-0.4, -0.2) is 31.1 Å². The Bertz CT molecular complexity index is 731. The zero-order valence-corrected chi connectivity index (χ0v) is 13.0. The molecule has 4 rings (SSSR count). The smallest absolute Gasteiger partial charge is 0.231 e. The summed E-state index contributed by atoms with van der Waals surface area (Å²) in [7, 11) is 0. The number of hydrogen-bond acceptors (Lipinski definition) is 5. The van der Waals surface area contributed by atoms with E-state index in [1.807, 2.05) is 18.2 Å². The minimum absolute atomic E-state index is 0.0624. The van der Waals surface area contributed by atoms with Crippen LogP contribution in [0.1, 0.15) is 12.5 Å². The van der Waals surface area contributed by atoms with Crippen LogP contribution < -0.4 is 19.1 Å². The van der Waals surface area contributed by atoms with Gasteiger partial charge in [-0.2, -0.15) is 0 Å². The summed E-state index contributed by atoms with van der Waals surface area (Å²) >= 11 is 0. The molecule has 0 amide bonds. The van der Waals surface area contributed by atoms with Crippen LogP contribution in [0.4, 0.5) is 5.69 Å². The van der Waals surface area contributed by atoms with Crippen molar-refractivity contribution in [2.75, 3.05) is 24.8 Å². The van der Waals surface area contributed by atoms with Crippen LogP contribution in [0.25, 0.3) is 0 Å². The van der Waals surface area contributed by atoms with E-state index in [0.717, 1.165) is 48.0 Å². The molecule has 1 unspecified atom stereocenters. The van der Waals surface area contributed by atoms with E-state index in [2.05, 4.69) is 17.9 Å². The van der Waals surface area contributed by atoms with Crippen molar-refractivity contribution >= 4 is 5.69 Å². The summed E-state index contributed by atoms with van der Waals surface area (Å²) in [5, 5.41) is 9.68. The molecule has 0 fully saturated rings. The fraction of sp³-hybridized carbons (Fsp3) is 0.333. The van der Waals surface area contributed by atoms with E-state index >= 15 is 0 Å². The molecule has 2 aromatic carbocycles. The van der Waals surface area contributed by atoms with E-state index in [1.54, 1.807) is 12.1 Å². The number of nitrogens with zero attached hydrogens (tertiary/aromatic N) is 1. The molecular formula is C18H19NO4. The number of hydrogen-bond donors (Lipinski definition) is 1. The summed E-state index contributed by atoms with van der Waals surface area (Å²) in [5.74, 6) is 2.69. The second-order valence-corrected chi connectivity index (χ2v) is 5.82. The predicted molar refractivity (Wildman–Crippen MR) is 86.7 cm³/mol. The van der Waals surface area contributed by atoms with Gasteiger partial charge in [-0.1, -0.05) is 6.07 Å². The predicted octanol–water partition coefficient (Wildman–Crippen LogP) is 2.95. The van der Waals surface area contributed by atoms with Gasteiger partial charge in [0.15, 0.2) is 11.5 Å². The fourth-order valence-electron chi connectivity index (χ4n) is 3.15. The highest BCUT2D eigenvalue weighted by molar-refractivity contribution is 5.63. The topological polar surface area (TPSA) is 51.2 Å². The third-order valence-electron chi connectivity index (χ3n) is 4.28. The molecule has 0 bridgehead atoms. The van der Waals surface area contributed by atoms with Gasteiger partial charge in [0.05, 0.1) is 12.2 Å². The lowest BCUT2D eigenvalue weighted by atomic mass is 10.0. The number of rotatable bonds is 3. The van der Waals surface area contributed by atoms with Crippen LogP contribution in [0.2, 0.25) is 0 Å². The Morgan fingerprint density at radius 2 is 1.91 bits per heavy atom. The summed E-state index contributed by atoms with van der Waals surface area (Å²) < 4.78 is 16.9. The number of fused-ring (bicyclic) bond motifs is 2. The largest absolute Gasteiger partial charge is 0.508 e. The lowest BCUT2D eigenvalue weighted by Crippen LogP contribution is -2.41. The monoisotopic (exact) mass is 313 g/mol. The van der Waals surface area contributed by atoms with E-state index in [4.69, 9.17) is 14.2 Å². The number of phenols is 1. The van der Waals surface area contributed by atoms with Crippen molar-refractivity contribution < 1.29 is 19.3 Å². The Balaban J connectivity index is 1.55. The maximum Gasteiger partial charge on any atom is 0.231 e. The van der Waals surface area contributed by atoms with Crippen LogP contribution in [-0.2, 0) is 6.42 Å². The SMILES string of the molecule is CCN1CC(Cc2ccc3c(c2)OCO3)Oc2ccc(O)cc21. The quantitative estimate of drug-likeness (QED) is 0.944. The second kappa shape index (κ2) is 5.57. The minimum Gasteiger partial charge on any atom is -0.508 e. The molecule has 2 aliphatic heterocycles. The average Bonchev–Trinajstić information content (AvgIpc) is 3.02. The molecule has 2 heterocycles. The Kier molecular flexibility index (Phi) is 3.41. The highest BCUT2D eigenvalue weighted by atomic mass is 16.7. The van der Waals surface area contributed by atoms with Crippen molar-refractivity contribution in [3.63, 3.8) is 0 Å². The highest BCUT2D eigenvalue weighted by Crippen LogP contribution is 2.37. The first-order valence-electron chi connectivity index (χ1n) is 7.86. The molecule has 5 heteroatoms. The molecule has 1 N–H and O–H groups in total. The summed E-state index contributed by atoms with van der Waals surface area (Å²) in [4.78, 5) is 2.23. The lowest BCUT2D eigenvalue weighted by Gasteiger charge is -2.35. The minimum atomic E-state index is 0.0624. The summed E-state index contributed by atoms with van der Waals surface area (Å²) in [6, 6.07) is 11.3. The zero-order valence-electron chi connectivity index (χ0n) is 13.0. The molecule has 0 saturated heterocycles. The maximum atomic E-state index is 9.68. The lowest BCUT2D eigenvalue weighted by molar-refractivity contribution is 0.174. The van der Waals surface area contributed by atoms with Gasteiger partial charge < -0.3 is 24.2 Å². The van der Waals surface area contributed by atoms with Gasteiger partial charge in [0.1, 0.15) is 17.6 Å². The van der Waals surface area contributed by atoms with Gasteiger partial charge >= 0.3 is 0 Å². The molecule has 23 heavy (non-hydrogen) atoms. The third kappa shape index (κ3) is 2.63. The number of aromatic hydroxyl groups is 1. The standard InChI is InChI=1S/C18H19NO4/c1-2-19-10-14(23-16-6-4-13(20)9-15(16)19)7-12-3-5-17-18(8-12)22-11-21-17/h3-6,8-9,14,20H,2,7,10-11H2,1H3. The van der Waals surface area contributed by atoms with Gasteiger partial charge in [0, 0.05) is 19.0 Å². The Hall–Kier alpha value is -2.56. The fourth-order valence-corrected chi connectivity index (χ4v) is 3.15. The molecule has 5 nitrogen and oxygen atoms in total. The first-order chi connectivity index (χ1) is 11.2. The number of phenolic OH excluding ortho intramolecular Hbond substituents is 1. The Morgan fingerprint density at radius 1 is 1.09 bits per heavy atom. The van der Waals surface area contributed by atoms with Crippen LogP contribution >= 0.6 is 0 Å². The van der Waals surface area contributed by atoms with Gasteiger partial charge in [0.25, 0.3) is 0 Å². The molecule has 0 spiro atoms. The molecule has 0 radical (unpaired) electrons. The molecule has 0 aliphatic carbocycles. The van der Waals surface area contributed by atoms with Gasteiger partial charge in [-0.15, -0.1) is 0 Å². The zero-order chi connectivity index (χ0) is 15.8. The van der Waals surface area contributed by atoms with E-state index in [0.29, 0.717) is 6.79 Å². The third-order valence-corrected chi connectivity index (χ3v) is 4.28. The second-order valence-electron chi connectivity index (χ2n) is 5.82. The molecule has 2 aromatic rings. The van der Waals surface area contributed by atoms with E-state index in [9.17, 15) is 5.11 Å². The van der Waals surface area contributed by atoms with Crippen molar-refractivity contribution in [1.82, 2.24) is 0 Å². The van der Waals surface area contributed by atoms with Crippen molar-refractivity contribution in [3.05, 3.63) is 42.0 Å². The summed E-state index contributed by atoms with van der Waals surface area (Å²) in [6.07, 6.45) is 0.861. The van der Waals surface area contributed by atoms with Crippen molar-refractivity contribution in [3.8, 4) is 23.0 Å². The summed E-state index contributed by atoms with van der Waals surface area (Å²) in [5.41, 5.74) is 2.12. The number of anilines is 1. The van der Waals surface area contributed by atoms with Crippen LogP contribution in [0, 0.1) is 0 Å². The van der Waals surface area contributed by atoms with Crippen LogP contribution in [0.3, 0.4) is 0 Å². The highest BCUT2D eigenvalue weighted by Gasteiger charge is 2.26. The molecule has 1 atom stereocenters. The molecule has 120 valence electrons. The van der Waals surface area contributed by atoms with E-state index in [1.165, 1.54) is 0 Å². The number of ether oxygens (including phenoxy) is 3. The van der Waals surface area contributed by atoms with Gasteiger partial charge in [-0.25, -0.2) is 0 Å². The number of likely N-dealkylation sites (N-methyl/N-ethyl adjacent to an activating group) is 1. The maximum absolute atomic E-state index is 9.68. The molecule has 2 aliphatic rings. The average molecular weight is 313 g/mol. The van der Waals surface area contributed by atoms with Gasteiger partial charge in [-0.3, -0.25) is 0 Å². The van der Waals surface area contributed by atoms with E-state index < -0.39 is 0 Å². The summed E-state index contributed by atoms with van der Waals surface area (Å²) in [6.45, 7) is 4.06. The van der Waals surface area contributed by atoms with Crippen molar-refractivity contribution in [2.45, 2.75) is 19.4 Å². The first-order valence-corrected chi connectivity index (χ1v) is 7.86. The van der Waals surface area contributed by atoms with Crippen molar-refractivity contribution in [2.24, 2.45) is 0 Å². The Morgan fingerprint density at radius 3 is 2.78 bits per heavy atom. The number of benzene rings is 2. The molecule has 0 saturated carbocycles. The van der Waals surface area contributed by atoms with Gasteiger partial charge in [-0.05, 0) is 36.8 Å². The first kappa shape index (κ1) is 14.1. The normalized spacial score (nSPS) is 18.5. The van der Waals surface area contributed by atoms with E-state index in [-0.39, 0.29) is 11.9 Å². The van der Waals surface area contributed by atoms with Crippen molar-refractivity contribution in [1.29, 1.82) is 0 Å². The molecule has 0 aromatic heterocycles. The molecular weight excluding hydrogens is 294 g/mol. The van der Waals surface area contributed by atoms with Gasteiger partial charge in [0.2, 0.25) is 6.79 Å². The van der Waals surface area contributed by atoms with Crippen LogP contribution in [0.15, 0.2) is 36.4 Å².